The van der Waals surface area contributed by atoms with E-state index in [0.717, 1.165) is 5.56 Å². The fourth-order valence-corrected chi connectivity index (χ4v) is 1.41. The molecule has 3 nitrogen and oxygen atoms in total. The van der Waals surface area contributed by atoms with Crippen molar-refractivity contribution in [3.63, 3.8) is 0 Å². The van der Waals surface area contributed by atoms with Crippen molar-refractivity contribution in [2.45, 2.75) is 19.0 Å². The molecule has 0 aliphatic rings. The second-order valence-electron chi connectivity index (χ2n) is 3.47. The third kappa shape index (κ3) is 3.87. The van der Waals surface area contributed by atoms with E-state index >= 15 is 0 Å². The van der Waals surface area contributed by atoms with Gasteiger partial charge < -0.3 is 10.1 Å². The Morgan fingerprint density at radius 1 is 1.50 bits per heavy atom. The van der Waals surface area contributed by atoms with E-state index in [4.69, 9.17) is 4.74 Å². The Morgan fingerprint density at radius 2 is 2.19 bits per heavy atom. The van der Waals surface area contributed by atoms with Crippen LogP contribution in [0.3, 0.4) is 0 Å². The number of methoxy groups -OCH3 is 1. The third-order valence-corrected chi connectivity index (χ3v) is 2.28. The molecule has 0 radical (unpaired) electrons. The van der Waals surface area contributed by atoms with Gasteiger partial charge in [0.2, 0.25) is 0 Å². The third-order valence-electron chi connectivity index (χ3n) is 2.28. The van der Waals surface area contributed by atoms with Crippen LogP contribution >= 0.6 is 0 Å². The minimum absolute atomic E-state index is 0.254. The van der Waals surface area contributed by atoms with Crippen LogP contribution in [0.5, 0.6) is 0 Å². The standard InChI is InChI=1S/C13H17NO2/c1-3-7-12(13(15)16-2)14-10-11-8-5-4-6-9-11/h3-6,8-9,12,14H,1,7,10H2,2H3/t12-/m1/s1. The van der Waals surface area contributed by atoms with E-state index in [0.29, 0.717) is 13.0 Å². The van der Waals surface area contributed by atoms with Gasteiger partial charge in [0.05, 0.1) is 7.11 Å². The second kappa shape index (κ2) is 6.80. The van der Waals surface area contributed by atoms with Gasteiger partial charge in [0.15, 0.2) is 0 Å². The largest absolute Gasteiger partial charge is 0.468 e. The summed E-state index contributed by atoms with van der Waals surface area (Å²) in [6, 6.07) is 9.60. The fraction of sp³-hybridized carbons (Fsp3) is 0.308. The van der Waals surface area contributed by atoms with E-state index in [1.807, 2.05) is 30.3 Å². The van der Waals surface area contributed by atoms with Gasteiger partial charge in [-0.15, -0.1) is 6.58 Å². The molecule has 0 unspecified atom stereocenters. The Kier molecular flexibility index (Phi) is 5.29. The molecule has 16 heavy (non-hydrogen) atoms. The molecule has 0 heterocycles. The highest BCUT2D eigenvalue weighted by Gasteiger charge is 2.16. The summed E-state index contributed by atoms with van der Waals surface area (Å²) >= 11 is 0. The molecule has 0 spiro atoms. The van der Waals surface area contributed by atoms with Gasteiger partial charge in [-0.2, -0.15) is 0 Å². The molecule has 1 atom stereocenters. The van der Waals surface area contributed by atoms with Crippen molar-refractivity contribution in [3.8, 4) is 0 Å². The molecule has 0 fully saturated rings. The highest BCUT2D eigenvalue weighted by molar-refractivity contribution is 5.75. The maximum Gasteiger partial charge on any atom is 0.323 e. The number of benzene rings is 1. The average Bonchev–Trinajstić information content (AvgIpc) is 2.34. The van der Waals surface area contributed by atoms with Gasteiger partial charge in [0.25, 0.3) is 0 Å². The molecule has 0 bridgehead atoms. The number of rotatable bonds is 6. The Hall–Kier alpha value is -1.61. The highest BCUT2D eigenvalue weighted by Crippen LogP contribution is 2.01. The molecule has 86 valence electrons. The first-order chi connectivity index (χ1) is 7.77. The molecular weight excluding hydrogens is 202 g/mol. The molecular formula is C13H17NO2. The van der Waals surface area contributed by atoms with Crippen LogP contribution in [0.2, 0.25) is 0 Å². The van der Waals surface area contributed by atoms with Gasteiger partial charge in [-0.05, 0) is 12.0 Å². The Bertz CT molecular complexity index is 335. The second-order valence-corrected chi connectivity index (χ2v) is 3.47. The molecule has 1 aromatic rings. The molecule has 1 rings (SSSR count). The van der Waals surface area contributed by atoms with Crippen molar-refractivity contribution >= 4 is 5.97 Å². The summed E-state index contributed by atoms with van der Waals surface area (Å²) in [5.74, 6) is -0.254. The van der Waals surface area contributed by atoms with Gasteiger partial charge in [0, 0.05) is 6.54 Å². The number of carbonyl (C=O) groups excluding carboxylic acids is 1. The molecule has 0 saturated heterocycles. The van der Waals surface area contributed by atoms with Crippen molar-refractivity contribution in [1.82, 2.24) is 5.32 Å². The molecule has 0 saturated carbocycles. The predicted octanol–water partition coefficient (Wildman–Crippen LogP) is 1.89. The predicted molar refractivity (Wildman–Crippen MR) is 63.9 cm³/mol. The average molecular weight is 219 g/mol. The molecule has 0 aliphatic heterocycles. The van der Waals surface area contributed by atoms with Gasteiger partial charge in [0.1, 0.15) is 6.04 Å². The summed E-state index contributed by atoms with van der Waals surface area (Å²) in [6.07, 6.45) is 2.28. The molecule has 0 amide bonds. The maximum absolute atomic E-state index is 11.4. The SMILES string of the molecule is C=CC[C@@H](NCc1ccccc1)C(=O)OC. The van der Waals surface area contributed by atoms with Crippen LogP contribution in [0.1, 0.15) is 12.0 Å². The first-order valence-corrected chi connectivity index (χ1v) is 5.24. The number of ether oxygens (including phenoxy) is 1. The molecule has 1 aromatic carbocycles. The van der Waals surface area contributed by atoms with E-state index in [9.17, 15) is 4.79 Å². The molecule has 0 aliphatic carbocycles. The van der Waals surface area contributed by atoms with Crippen molar-refractivity contribution < 1.29 is 9.53 Å². The van der Waals surface area contributed by atoms with Crippen molar-refractivity contribution in [2.24, 2.45) is 0 Å². The number of hydrogen-bond donors (Lipinski definition) is 1. The summed E-state index contributed by atoms with van der Waals surface area (Å²) in [5.41, 5.74) is 1.14. The number of hydrogen-bond acceptors (Lipinski definition) is 3. The molecule has 1 N–H and O–H groups in total. The lowest BCUT2D eigenvalue weighted by Gasteiger charge is -2.14. The zero-order valence-electron chi connectivity index (χ0n) is 9.48. The quantitative estimate of drug-likeness (QED) is 0.586. The summed E-state index contributed by atoms with van der Waals surface area (Å²) in [5, 5.41) is 3.14. The van der Waals surface area contributed by atoms with Crippen LogP contribution < -0.4 is 5.32 Å². The fourth-order valence-electron chi connectivity index (χ4n) is 1.41. The van der Waals surface area contributed by atoms with Crippen LogP contribution in [-0.2, 0) is 16.1 Å². The van der Waals surface area contributed by atoms with Crippen LogP contribution in [-0.4, -0.2) is 19.1 Å². The lowest BCUT2D eigenvalue weighted by molar-refractivity contribution is -0.143. The number of carbonyl (C=O) groups is 1. The smallest absolute Gasteiger partial charge is 0.323 e. The van der Waals surface area contributed by atoms with Crippen molar-refractivity contribution in [2.75, 3.05) is 7.11 Å². The number of nitrogens with one attached hydrogen (secondary N) is 1. The first-order valence-electron chi connectivity index (χ1n) is 5.24. The zero-order valence-corrected chi connectivity index (χ0v) is 9.48. The van der Waals surface area contributed by atoms with Gasteiger partial charge >= 0.3 is 5.97 Å². The maximum atomic E-state index is 11.4. The van der Waals surface area contributed by atoms with Gasteiger partial charge in [-0.25, -0.2) is 0 Å². The Balaban J connectivity index is 2.50. The lowest BCUT2D eigenvalue weighted by Crippen LogP contribution is -2.36. The topological polar surface area (TPSA) is 38.3 Å². The number of esters is 1. The first kappa shape index (κ1) is 12.5. The normalized spacial score (nSPS) is 11.8. The van der Waals surface area contributed by atoms with E-state index in [1.165, 1.54) is 7.11 Å². The van der Waals surface area contributed by atoms with E-state index in [-0.39, 0.29) is 12.0 Å². The summed E-state index contributed by atoms with van der Waals surface area (Å²) < 4.78 is 4.70. The van der Waals surface area contributed by atoms with Crippen molar-refractivity contribution in [3.05, 3.63) is 48.6 Å². The Labute approximate surface area is 96.1 Å². The van der Waals surface area contributed by atoms with Gasteiger partial charge in [-0.3, -0.25) is 4.79 Å². The van der Waals surface area contributed by atoms with Crippen LogP contribution in [0.4, 0.5) is 0 Å². The van der Waals surface area contributed by atoms with Crippen LogP contribution in [0.25, 0.3) is 0 Å². The summed E-state index contributed by atoms with van der Waals surface area (Å²) in [6.45, 7) is 4.27. The highest BCUT2D eigenvalue weighted by atomic mass is 16.5. The molecule has 0 aromatic heterocycles. The van der Waals surface area contributed by atoms with Crippen LogP contribution in [0, 0.1) is 0 Å². The summed E-state index contributed by atoms with van der Waals surface area (Å²) in [4.78, 5) is 11.4. The van der Waals surface area contributed by atoms with Crippen LogP contribution in [0.15, 0.2) is 43.0 Å². The van der Waals surface area contributed by atoms with Crippen molar-refractivity contribution in [1.29, 1.82) is 0 Å². The zero-order chi connectivity index (χ0) is 11.8. The van der Waals surface area contributed by atoms with E-state index in [2.05, 4.69) is 11.9 Å². The monoisotopic (exact) mass is 219 g/mol. The minimum Gasteiger partial charge on any atom is -0.468 e. The Morgan fingerprint density at radius 3 is 2.75 bits per heavy atom. The molecule has 3 heteroatoms. The van der Waals surface area contributed by atoms with E-state index in [1.54, 1.807) is 6.08 Å². The summed E-state index contributed by atoms with van der Waals surface area (Å²) in [7, 11) is 1.39. The van der Waals surface area contributed by atoms with Gasteiger partial charge in [-0.1, -0.05) is 36.4 Å². The lowest BCUT2D eigenvalue weighted by atomic mass is 10.1. The minimum atomic E-state index is -0.317. The van der Waals surface area contributed by atoms with E-state index < -0.39 is 0 Å².